The summed E-state index contributed by atoms with van der Waals surface area (Å²) in [4.78, 5) is 5.44. The van der Waals surface area contributed by atoms with Crippen molar-refractivity contribution in [2.24, 2.45) is 0 Å². The first-order chi connectivity index (χ1) is 15.8. The van der Waals surface area contributed by atoms with Crippen LogP contribution in [0.3, 0.4) is 0 Å². The summed E-state index contributed by atoms with van der Waals surface area (Å²) < 4.78 is 0. The average Bonchev–Trinajstić information content (AvgIpc) is 2.84. The van der Waals surface area contributed by atoms with Gasteiger partial charge in [0.2, 0.25) is 0 Å². The van der Waals surface area contributed by atoms with Crippen LogP contribution in [0, 0.1) is 0 Å². The van der Waals surface area contributed by atoms with Crippen LogP contribution in [0.4, 0.5) is 0 Å². The lowest BCUT2D eigenvalue weighted by molar-refractivity contribution is 0.721. The molecule has 5 rings (SSSR count). The standard InChI is InChI=1S/C31H33N/c1-2-3-18-27-28-19-10-16-25(21-23-12-6-4-7-13-23)30(28)32-31-26(17-11-20-29(27)31)22-24-14-8-5-9-15-24/h4-9,12-15,21-22H,2-3,10-11,16-20H2,1H3/b25-21-,26-22+. The third-order valence-electron chi connectivity index (χ3n) is 6.94. The number of fused-ring (bicyclic) bond motifs is 2. The summed E-state index contributed by atoms with van der Waals surface area (Å²) in [6.07, 6.45) is 15.5. The molecule has 0 bridgehead atoms. The van der Waals surface area contributed by atoms with E-state index in [1.54, 1.807) is 16.7 Å². The Labute approximate surface area is 192 Å². The fourth-order valence-corrected chi connectivity index (χ4v) is 5.37. The Balaban J connectivity index is 1.67. The molecule has 1 heterocycles. The Kier molecular flexibility index (Phi) is 6.34. The van der Waals surface area contributed by atoms with Gasteiger partial charge in [0.15, 0.2) is 0 Å². The lowest BCUT2D eigenvalue weighted by atomic mass is 9.79. The molecule has 1 heteroatoms. The monoisotopic (exact) mass is 419 g/mol. The second-order valence-electron chi connectivity index (χ2n) is 9.22. The van der Waals surface area contributed by atoms with Crippen molar-refractivity contribution in [2.75, 3.05) is 0 Å². The average molecular weight is 420 g/mol. The largest absolute Gasteiger partial charge is 0.248 e. The van der Waals surface area contributed by atoms with Gasteiger partial charge in [-0.25, -0.2) is 4.98 Å². The fraction of sp³-hybridized carbons (Fsp3) is 0.323. The molecule has 2 aliphatic rings. The molecule has 32 heavy (non-hydrogen) atoms. The van der Waals surface area contributed by atoms with E-state index in [-0.39, 0.29) is 0 Å². The number of unbranched alkanes of at least 4 members (excludes halogenated alkanes) is 1. The number of aromatic nitrogens is 1. The summed E-state index contributed by atoms with van der Waals surface area (Å²) in [7, 11) is 0. The molecule has 0 amide bonds. The van der Waals surface area contributed by atoms with Crippen molar-refractivity contribution < 1.29 is 0 Å². The van der Waals surface area contributed by atoms with Crippen LogP contribution >= 0.6 is 0 Å². The zero-order chi connectivity index (χ0) is 21.8. The Morgan fingerprint density at radius 3 is 1.66 bits per heavy atom. The van der Waals surface area contributed by atoms with E-state index in [4.69, 9.17) is 4.98 Å². The number of benzene rings is 2. The second kappa shape index (κ2) is 9.69. The lowest BCUT2D eigenvalue weighted by Gasteiger charge is -2.29. The predicted molar refractivity (Wildman–Crippen MR) is 137 cm³/mol. The van der Waals surface area contributed by atoms with Gasteiger partial charge in [-0.05, 0) is 102 Å². The molecule has 0 saturated heterocycles. The van der Waals surface area contributed by atoms with Crippen LogP contribution < -0.4 is 0 Å². The summed E-state index contributed by atoms with van der Waals surface area (Å²) in [5.41, 5.74) is 12.7. The summed E-state index contributed by atoms with van der Waals surface area (Å²) >= 11 is 0. The quantitative estimate of drug-likeness (QED) is 0.406. The highest BCUT2D eigenvalue weighted by Crippen LogP contribution is 2.41. The molecule has 0 N–H and O–H groups in total. The molecule has 2 aliphatic carbocycles. The van der Waals surface area contributed by atoms with Gasteiger partial charge in [0.1, 0.15) is 0 Å². The normalized spacial score (nSPS) is 17.9. The van der Waals surface area contributed by atoms with Gasteiger partial charge < -0.3 is 0 Å². The first kappa shape index (κ1) is 20.9. The SMILES string of the molecule is CCCCc1c2c(nc3c1CCC/C3=C\c1ccccc1)/C(=C\c1ccccc1)CCC2. The highest BCUT2D eigenvalue weighted by Gasteiger charge is 2.27. The van der Waals surface area contributed by atoms with Gasteiger partial charge >= 0.3 is 0 Å². The van der Waals surface area contributed by atoms with Gasteiger partial charge in [-0.15, -0.1) is 0 Å². The molecule has 0 unspecified atom stereocenters. The van der Waals surface area contributed by atoms with Crippen LogP contribution in [0.15, 0.2) is 60.7 Å². The van der Waals surface area contributed by atoms with Crippen LogP contribution in [0.5, 0.6) is 0 Å². The number of allylic oxidation sites excluding steroid dienone is 2. The van der Waals surface area contributed by atoms with E-state index in [0.717, 1.165) is 12.8 Å². The first-order valence-corrected chi connectivity index (χ1v) is 12.4. The van der Waals surface area contributed by atoms with E-state index >= 15 is 0 Å². The summed E-state index contributed by atoms with van der Waals surface area (Å²) in [6, 6.07) is 21.5. The molecule has 1 aromatic heterocycles. The van der Waals surface area contributed by atoms with E-state index in [1.165, 1.54) is 78.6 Å². The summed E-state index contributed by atoms with van der Waals surface area (Å²) in [5, 5.41) is 0. The predicted octanol–water partition coefficient (Wildman–Crippen LogP) is 8.18. The summed E-state index contributed by atoms with van der Waals surface area (Å²) in [5.74, 6) is 0. The molecule has 0 aliphatic heterocycles. The number of hydrogen-bond donors (Lipinski definition) is 0. The molecule has 162 valence electrons. The minimum absolute atomic E-state index is 1.12. The first-order valence-electron chi connectivity index (χ1n) is 12.4. The highest BCUT2D eigenvalue weighted by atomic mass is 14.7. The molecule has 0 saturated carbocycles. The third kappa shape index (κ3) is 4.35. The van der Waals surface area contributed by atoms with Gasteiger partial charge in [0, 0.05) is 0 Å². The molecule has 0 fully saturated rings. The number of rotatable bonds is 5. The maximum atomic E-state index is 5.44. The van der Waals surface area contributed by atoms with Crippen molar-refractivity contribution in [1.29, 1.82) is 0 Å². The minimum Gasteiger partial charge on any atom is -0.248 e. The molecular formula is C31H33N. The molecule has 0 atom stereocenters. The van der Waals surface area contributed by atoms with Crippen molar-refractivity contribution >= 4 is 23.3 Å². The number of nitrogens with zero attached hydrogens (tertiary/aromatic N) is 1. The van der Waals surface area contributed by atoms with E-state index < -0.39 is 0 Å². The fourth-order valence-electron chi connectivity index (χ4n) is 5.37. The number of hydrogen-bond acceptors (Lipinski definition) is 1. The van der Waals surface area contributed by atoms with Gasteiger partial charge in [0.25, 0.3) is 0 Å². The van der Waals surface area contributed by atoms with Crippen LogP contribution in [0.25, 0.3) is 23.3 Å². The van der Waals surface area contributed by atoms with E-state index in [1.807, 2.05) is 0 Å². The van der Waals surface area contributed by atoms with Crippen molar-refractivity contribution in [2.45, 2.75) is 64.7 Å². The Bertz CT molecular complexity index is 1050. The van der Waals surface area contributed by atoms with E-state index in [9.17, 15) is 0 Å². The van der Waals surface area contributed by atoms with Crippen molar-refractivity contribution in [3.63, 3.8) is 0 Å². The van der Waals surface area contributed by atoms with Crippen molar-refractivity contribution in [1.82, 2.24) is 4.98 Å². The molecular weight excluding hydrogens is 386 g/mol. The number of pyridine rings is 1. The van der Waals surface area contributed by atoms with Crippen LogP contribution in [0.2, 0.25) is 0 Å². The topological polar surface area (TPSA) is 12.9 Å². The molecule has 3 aromatic rings. The molecule has 2 aromatic carbocycles. The van der Waals surface area contributed by atoms with Crippen LogP contribution in [-0.4, -0.2) is 4.98 Å². The van der Waals surface area contributed by atoms with E-state index in [0.29, 0.717) is 0 Å². The Morgan fingerprint density at radius 2 is 1.19 bits per heavy atom. The maximum Gasteiger partial charge on any atom is 0.0704 e. The minimum atomic E-state index is 1.12. The molecule has 0 radical (unpaired) electrons. The zero-order valence-corrected chi connectivity index (χ0v) is 19.2. The van der Waals surface area contributed by atoms with Crippen LogP contribution in [-0.2, 0) is 19.3 Å². The maximum absolute atomic E-state index is 5.44. The van der Waals surface area contributed by atoms with Crippen LogP contribution in [0.1, 0.15) is 84.7 Å². The smallest absolute Gasteiger partial charge is 0.0704 e. The zero-order valence-electron chi connectivity index (χ0n) is 19.2. The van der Waals surface area contributed by atoms with Gasteiger partial charge in [0.05, 0.1) is 11.4 Å². The molecule has 1 nitrogen and oxygen atoms in total. The van der Waals surface area contributed by atoms with Gasteiger partial charge in [-0.3, -0.25) is 0 Å². The lowest BCUT2D eigenvalue weighted by Crippen LogP contribution is -2.17. The van der Waals surface area contributed by atoms with Gasteiger partial charge in [-0.2, -0.15) is 0 Å². The van der Waals surface area contributed by atoms with Gasteiger partial charge in [-0.1, -0.05) is 74.0 Å². The Hall–Kier alpha value is -2.93. The molecule has 0 spiro atoms. The highest BCUT2D eigenvalue weighted by molar-refractivity contribution is 5.87. The Morgan fingerprint density at radius 1 is 0.688 bits per heavy atom. The van der Waals surface area contributed by atoms with E-state index in [2.05, 4.69) is 79.7 Å². The third-order valence-corrected chi connectivity index (χ3v) is 6.94. The second-order valence-corrected chi connectivity index (χ2v) is 9.22. The van der Waals surface area contributed by atoms with Crippen molar-refractivity contribution in [3.05, 3.63) is 99.9 Å². The summed E-state index contributed by atoms with van der Waals surface area (Å²) in [6.45, 7) is 2.31. The van der Waals surface area contributed by atoms with Crippen molar-refractivity contribution in [3.8, 4) is 0 Å².